The monoisotopic (exact) mass is 287 g/mol. The first-order valence-corrected chi connectivity index (χ1v) is 8.81. The van der Waals surface area contributed by atoms with Crippen molar-refractivity contribution in [3.8, 4) is 0 Å². The van der Waals surface area contributed by atoms with Crippen LogP contribution in [0.25, 0.3) is 0 Å². The van der Waals surface area contributed by atoms with Gasteiger partial charge in [0.2, 0.25) is 0 Å². The minimum atomic E-state index is -2.96. The second kappa shape index (κ2) is 6.52. The van der Waals surface area contributed by atoms with Gasteiger partial charge in [0, 0.05) is 23.6 Å². The molecule has 0 saturated heterocycles. The topological polar surface area (TPSA) is 64.0 Å². The molecule has 0 spiro atoms. The van der Waals surface area contributed by atoms with Gasteiger partial charge in [-0.2, -0.15) is 5.10 Å². The molecule has 0 saturated carbocycles. The van der Waals surface area contributed by atoms with E-state index in [0.29, 0.717) is 6.54 Å². The van der Waals surface area contributed by atoms with Crippen molar-refractivity contribution >= 4 is 9.84 Å². The lowest BCUT2D eigenvalue weighted by atomic mass is 10.0. The van der Waals surface area contributed by atoms with Crippen LogP contribution in [-0.2, 0) is 16.4 Å². The van der Waals surface area contributed by atoms with Crippen LogP contribution in [0.5, 0.6) is 0 Å². The number of aryl methyl sites for hydroxylation is 2. The van der Waals surface area contributed by atoms with E-state index in [1.807, 2.05) is 18.5 Å². The number of sulfone groups is 1. The number of nitrogens with one attached hydrogen (secondary N) is 1. The number of rotatable bonds is 7. The predicted octanol–water partition coefficient (Wildman–Crippen LogP) is 1.61. The highest BCUT2D eigenvalue weighted by atomic mass is 32.2. The molecule has 0 aromatic carbocycles. The van der Waals surface area contributed by atoms with Gasteiger partial charge in [-0.1, -0.05) is 13.8 Å². The van der Waals surface area contributed by atoms with Gasteiger partial charge in [0.1, 0.15) is 9.84 Å². The van der Waals surface area contributed by atoms with Gasteiger partial charge in [0.15, 0.2) is 0 Å². The van der Waals surface area contributed by atoms with Crippen LogP contribution in [0.3, 0.4) is 0 Å². The summed E-state index contributed by atoms with van der Waals surface area (Å²) in [5, 5.41) is 7.92. The summed E-state index contributed by atoms with van der Waals surface area (Å²) in [6.07, 6.45) is 2.25. The van der Waals surface area contributed by atoms with E-state index in [1.54, 1.807) is 0 Å². The van der Waals surface area contributed by atoms with Gasteiger partial charge in [-0.25, -0.2) is 8.42 Å². The van der Waals surface area contributed by atoms with Gasteiger partial charge in [0.05, 0.1) is 18.0 Å². The van der Waals surface area contributed by atoms with Crippen LogP contribution in [-0.4, -0.2) is 36.8 Å². The summed E-state index contributed by atoms with van der Waals surface area (Å²) in [7, 11) is -2.96. The molecule has 0 aliphatic heterocycles. The molecule has 110 valence electrons. The van der Waals surface area contributed by atoms with Crippen molar-refractivity contribution < 1.29 is 8.42 Å². The van der Waals surface area contributed by atoms with Crippen LogP contribution < -0.4 is 5.32 Å². The molecule has 1 atom stereocenters. The van der Waals surface area contributed by atoms with E-state index >= 15 is 0 Å². The highest BCUT2D eigenvalue weighted by Crippen LogP contribution is 2.24. The minimum Gasteiger partial charge on any atom is -0.310 e. The van der Waals surface area contributed by atoms with E-state index in [4.69, 9.17) is 0 Å². The van der Waals surface area contributed by atoms with Crippen molar-refractivity contribution in [2.75, 3.05) is 18.6 Å². The smallest absolute Gasteiger partial charge is 0.149 e. The Morgan fingerprint density at radius 2 is 1.95 bits per heavy atom. The van der Waals surface area contributed by atoms with Gasteiger partial charge >= 0.3 is 0 Å². The van der Waals surface area contributed by atoms with Gasteiger partial charge in [-0.15, -0.1) is 0 Å². The first-order chi connectivity index (χ1) is 8.80. The molecular weight excluding hydrogens is 262 g/mol. The van der Waals surface area contributed by atoms with Crippen molar-refractivity contribution in [3.05, 3.63) is 17.0 Å². The Labute approximate surface area is 116 Å². The molecule has 1 N–H and O–H groups in total. The Morgan fingerprint density at radius 3 is 2.42 bits per heavy atom. The van der Waals surface area contributed by atoms with E-state index < -0.39 is 9.84 Å². The predicted molar refractivity (Wildman–Crippen MR) is 78.1 cm³/mol. The Balaban J connectivity index is 2.99. The Bertz CT molecular complexity index is 520. The highest BCUT2D eigenvalue weighted by Gasteiger charge is 2.19. The zero-order valence-electron chi connectivity index (χ0n) is 12.5. The number of hydrogen-bond acceptors (Lipinski definition) is 4. The molecule has 6 heteroatoms. The molecule has 0 radical (unpaired) electrons. The molecule has 0 aliphatic carbocycles. The summed E-state index contributed by atoms with van der Waals surface area (Å²) >= 11 is 0. The van der Waals surface area contributed by atoms with E-state index in [9.17, 15) is 8.42 Å². The molecule has 0 bridgehead atoms. The molecular formula is C13H25N3O2S. The number of hydrogen-bond donors (Lipinski definition) is 1. The van der Waals surface area contributed by atoms with Crippen LogP contribution in [0.15, 0.2) is 0 Å². The molecule has 1 rings (SSSR count). The second-order valence-electron chi connectivity index (χ2n) is 4.96. The first-order valence-electron chi connectivity index (χ1n) is 6.75. The highest BCUT2D eigenvalue weighted by molar-refractivity contribution is 7.90. The summed E-state index contributed by atoms with van der Waals surface area (Å²) in [6.45, 7) is 9.55. The Morgan fingerprint density at radius 1 is 1.32 bits per heavy atom. The van der Waals surface area contributed by atoms with E-state index in [0.717, 1.165) is 24.4 Å². The minimum absolute atomic E-state index is 0.131. The van der Waals surface area contributed by atoms with Crippen molar-refractivity contribution in [1.29, 1.82) is 0 Å². The molecule has 0 aliphatic rings. The lowest BCUT2D eigenvalue weighted by Gasteiger charge is -2.16. The maximum Gasteiger partial charge on any atom is 0.149 e. The third kappa shape index (κ3) is 4.31. The summed E-state index contributed by atoms with van der Waals surface area (Å²) in [6, 6.07) is 0.289. The summed E-state index contributed by atoms with van der Waals surface area (Å²) in [5.41, 5.74) is 3.26. The number of nitrogens with zero attached hydrogens (tertiary/aromatic N) is 2. The van der Waals surface area contributed by atoms with Crippen LogP contribution in [0.1, 0.15) is 43.3 Å². The maximum absolute atomic E-state index is 11.2. The fourth-order valence-electron chi connectivity index (χ4n) is 2.38. The molecule has 5 nitrogen and oxygen atoms in total. The molecule has 19 heavy (non-hydrogen) atoms. The molecule has 1 unspecified atom stereocenters. The van der Waals surface area contributed by atoms with Crippen molar-refractivity contribution in [3.63, 3.8) is 0 Å². The van der Waals surface area contributed by atoms with E-state index in [1.165, 1.54) is 11.8 Å². The fraction of sp³-hybridized carbons (Fsp3) is 0.769. The van der Waals surface area contributed by atoms with E-state index in [-0.39, 0.29) is 11.8 Å². The van der Waals surface area contributed by atoms with Gasteiger partial charge in [0.25, 0.3) is 0 Å². The lowest BCUT2D eigenvalue weighted by molar-refractivity contribution is 0.530. The van der Waals surface area contributed by atoms with E-state index in [2.05, 4.69) is 24.3 Å². The standard InChI is InChI=1S/C13H25N3O2S/c1-6-12(14-7-2)13-10(3)15-16(11(13)4)8-9-19(5,17)18/h12,14H,6-9H2,1-5H3. The van der Waals surface area contributed by atoms with Crippen LogP contribution in [0.2, 0.25) is 0 Å². The summed E-state index contributed by atoms with van der Waals surface area (Å²) in [4.78, 5) is 0. The maximum atomic E-state index is 11.2. The summed E-state index contributed by atoms with van der Waals surface area (Å²) in [5.74, 6) is 0.131. The van der Waals surface area contributed by atoms with Gasteiger partial charge in [-0.05, 0) is 26.8 Å². The average Bonchev–Trinajstić information content (AvgIpc) is 2.59. The molecule has 0 amide bonds. The zero-order chi connectivity index (χ0) is 14.6. The quantitative estimate of drug-likeness (QED) is 0.827. The normalized spacial score (nSPS) is 13.7. The Kier molecular flexibility index (Phi) is 5.55. The average molecular weight is 287 g/mol. The SMILES string of the molecule is CCNC(CC)c1c(C)nn(CCS(C)(=O)=O)c1C. The van der Waals surface area contributed by atoms with Crippen molar-refractivity contribution in [2.24, 2.45) is 0 Å². The van der Waals surface area contributed by atoms with Gasteiger partial charge in [-0.3, -0.25) is 4.68 Å². The lowest BCUT2D eigenvalue weighted by Crippen LogP contribution is -2.21. The van der Waals surface area contributed by atoms with Crippen LogP contribution >= 0.6 is 0 Å². The number of aromatic nitrogens is 2. The first kappa shape index (κ1) is 16.2. The fourth-order valence-corrected chi connectivity index (χ4v) is 2.89. The Hall–Kier alpha value is -0.880. The van der Waals surface area contributed by atoms with Crippen molar-refractivity contribution in [1.82, 2.24) is 15.1 Å². The largest absolute Gasteiger partial charge is 0.310 e. The van der Waals surface area contributed by atoms with Crippen LogP contribution in [0.4, 0.5) is 0 Å². The molecule has 0 fully saturated rings. The molecule has 1 aromatic rings. The molecule has 1 heterocycles. The second-order valence-corrected chi connectivity index (χ2v) is 7.22. The van der Waals surface area contributed by atoms with Crippen LogP contribution in [0, 0.1) is 13.8 Å². The summed E-state index contributed by atoms with van der Waals surface area (Å²) < 4.78 is 24.3. The molecule has 1 aromatic heterocycles. The van der Waals surface area contributed by atoms with Gasteiger partial charge < -0.3 is 5.32 Å². The third-order valence-electron chi connectivity index (χ3n) is 3.32. The third-order valence-corrected chi connectivity index (χ3v) is 4.24. The zero-order valence-corrected chi connectivity index (χ0v) is 13.3. The van der Waals surface area contributed by atoms with Crippen molar-refractivity contribution in [2.45, 2.75) is 46.7 Å².